The van der Waals surface area contributed by atoms with Crippen molar-refractivity contribution in [2.45, 2.75) is 31.2 Å². The standard InChI is InChI=1S/C17H17ClN2O3S/c1-11-9-13-10-16(7-8-17(13)20(11)12(2)21)24(22,23)19-15-5-3-14(18)4-6-15/h3-8,10-11,19H,9H2,1-2H3. The molecule has 0 bridgehead atoms. The second-order valence-electron chi connectivity index (χ2n) is 5.85. The summed E-state index contributed by atoms with van der Waals surface area (Å²) in [6, 6.07) is 11.3. The molecule has 7 heteroatoms. The number of anilines is 2. The molecular formula is C17H17ClN2O3S. The fourth-order valence-corrected chi connectivity index (χ4v) is 4.22. The summed E-state index contributed by atoms with van der Waals surface area (Å²) in [5.74, 6) is -0.0452. The highest BCUT2D eigenvalue weighted by Crippen LogP contribution is 2.34. The molecule has 0 aromatic heterocycles. The number of carbonyl (C=O) groups is 1. The van der Waals surface area contributed by atoms with Gasteiger partial charge in [0.15, 0.2) is 0 Å². The van der Waals surface area contributed by atoms with Gasteiger partial charge >= 0.3 is 0 Å². The lowest BCUT2D eigenvalue weighted by molar-refractivity contribution is -0.116. The minimum absolute atomic E-state index is 0.0275. The van der Waals surface area contributed by atoms with Crippen LogP contribution in [0.3, 0.4) is 0 Å². The highest BCUT2D eigenvalue weighted by molar-refractivity contribution is 7.92. The van der Waals surface area contributed by atoms with Gasteiger partial charge in [-0.25, -0.2) is 8.42 Å². The van der Waals surface area contributed by atoms with Gasteiger partial charge in [0.1, 0.15) is 0 Å². The van der Waals surface area contributed by atoms with Crippen molar-refractivity contribution >= 4 is 38.9 Å². The van der Waals surface area contributed by atoms with E-state index in [-0.39, 0.29) is 16.8 Å². The monoisotopic (exact) mass is 364 g/mol. The van der Waals surface area contributed by atoms with Crippen LogP contribution < -0.4 is 9.62 Å². The van der Waals surface area contributed by atoms with E-state index in [0.29, 0.717) is 17.1 Å². The molecule has 126 valence electrons. The lowest BCUT2D eigenvalue weighted by Gasteiger charge is -2.20. The van der Waals surface area contributed by atoms with E-state index < -0.39 is 10.0 Å². The Balaban J connectivity index is 1.92. The van der Waals surface area contributed by atoms with Gasteiger partial charge in [0, 0.05) is 29.4 Å². The van der Waals surface area contributed by atoms with Crippen LogP contribution in [0, 0.1) is 0 Å². The Kier molecular flexibility index (Phi) is 4.27. The van der Waals surface area contributed by atoms with Crippen LogP contribution >= 0.6 is 11.6 Å². The minimum Gasteiger partial charge on any atom is -0.309 e. The van der Waals surface area contributed by atoms with Crippen LogP contribution in [-0.4, -0.2) is 20.4 Å². The molecule has 0 saturated heterocycles. The Labute approximate surface area is 146 Å². The first-order valence-electron chi connectivity index (χ1n) is 7.49. The SMILES string of the molecule is CC(=O)N1c2ccc(S(=O)(=O)Nc3ccc(Cl)cc3)cc2CC1C. The van der Waals surface area contributed by atoms with Gasteiger partial charge in [-0.05, 0) is 61.4 Å². The summed E-state index contributed by atoms with van der Waals surface area (Å²) in [5.41, 5.74) is 2.08. The zero-order valence-corrected chi connectivity index (χ0v) is 14.9. The fraction of sp³-hybridized carbons (Fsp3) is 0.235. The predicted octanol–water partition coefficient (Wildman–Crippen LogP) is 3.44. The third kappa shape index (κ3) is 3.12. The van der Waals surface area contributed by atoms with Crippen molar-refractivity contribution in [1.82, 2.24) is 0 Å². The van der Waals surface area contributed by atoms with E-state index in [4.69, 9.17) is 11.6 Å². The molecule has 1 atom stereocenters. The first kappa shape index (κ1) is 16.8. The molecular weight excluding hydrogens is 348 g/mol. The summed E-state index contributed by atoms with van der Waals surface area (Å²) < 4.78 is 27.6. The Bertz CT molecular complexity index is 895. The van der Waals surface area contributed by atoms with Gasteiger partial charge in [0.2, 0.25) is 5.91 Å². The third-order valence-corrected chi connectivity index (χ3v) is 5.64. The molecule has 0 fully saturated rings. The second-order valence-corrected chi connectivity index (χ2v) is 7.96. The second kappa shape index (κ2) is 6.11. The molecule has 1 aliphatic rings. The number of hydrogen-bond acceptors (Lipinski definition) is 3. The number of nitrogens with one attached hydrogen (secondary N) is 1. The molecule has 24 heavy (non-hydrogen) atoms. The molecule has 2 aromatic rings. The van der Waals surface area contributed by atoms with Gasteiger partial charge in [-0.2, -0.15) is 0 Å². The molecule has 5 nitrogen and oxygen atoms in total. The van der Waals surface area contributed by atoms with E-state index in [2.05, 4.69) is 4.72 Å². The van der Waals surface area contributed by atoms with Gasteiger partial charge in [0.25, 0.3) is 10.0 Å². The van der Waals surface area contributed by atoms with E-state index >= 15 is 0 Å². The van der Waals surface area contributed by atoms with Gasteiger partial charge < -0.3 is 4.90 Å². The fourth-order valence-electron chi connectivity index (χ4n) is 2.99. The summed E-state index contributed by atoms with van der Waals surface area (Å²) in [6.45, 7) is 3.46. The van der Waals surface area contributed by atoms with Crippen LogP contribution in [-0.2, 0) is 21.2 Å². The first-order valence-corrected chi connectivity index (χ1v) is 9.35. The summed E-state index contributed by atoms with van der Waals surface area (Å²) >= 11 is 5.81. The lowest BCUT2D eigenvalue weighted by Crippen LogP contribution is -2.33. The van der Waals surface area contributed by atoms with Crippen molar-refractivity contribution in [2.24, 2.45) is 0 Å². The quantitative estimate of drug-likeness (QED) is 0.907. The molecule has 1 aliphatic heterocycles. The Morgan fingerprint density at radius 3 is 2.50 bits per heavy atom. The first-order chi connectivity index (χ1) is 11.3. The Morgan fingerprint density at radius 2 is 1.88 bits per heavy atom. The average molecular weight is 365 g/mol. The van der Waals surface area contributed by atoms with Crippen LogP contribution in [0.4, 0.5) is 11.4 Å². The highest BCUT2D eigenvalue weighted by atomic mass is 35.5. The summed E-state index contributed by atoms with van der Waals surface area (Å²) in [5, 5.41) is 0.536. The van der Waals surface area contributed by atoms with Crippen molar-refractivity contribution in [1.29, 1.82) is 0 Å². The molecule has 0 aliphatic carbocycles. The molecule has 2 aromatic carbocycles. The topological polar surface area (TPSA) is 66.5 Å². The van der Waals surface area contributed by atoms with E-state index in [0.717, 1.165) is 11.3 Å². The van der Waals surface area contributed by atoms with Crippen LogP contribution in [0.25, 0.3) is 0 Å². The maximum absolute atomic E-state index is 12.6. The number of nitrogens with zero attached hydrogens (tertiary/aromatic N) is 1. The van der Waals surface area contributed by atoms with Crippen LogP contribution in [0.2, 0.25) is 5.02 Å². The number of halogens is 1. The van der Waals surface area contributed by atoms with Crippen LogP contribution in [0.5, 0.6) is 0 Å². The molecule has 0 saturated carbocycles. The maximum Gasteiger partial charge on any atom is 0.261 e. The smallest absolute Gasteiger partial charge is 0.261 e. The number of carbonyl (C=O) groups excluding carboxylic acids is 1. The summed E-state index contributed by atoms with van der Waals surface area (Å²) in [7, 11) is -3.70. The number of benzene rings is 2. The zero-order chi connectivity index (χ0) is 17.5. The van der Waals surface area contributed by atoms with E-state index in [1.165, 1.54) is 13.0 Å². The van der Waals surface area contributed by atoms with E-state index in [1.807, 2.05) is 6.92 Å². The minimum atomic E-state index is -3.70. The summed E-state index contributed by atoms with van der Waals surface area (Å²) in [6.07, 6.45) is 0.638. The maximum atomic E-state index is 12.6. The molecule has 1 unspecified atom stereocenters. The van der Waals surface area contributed by atoms with Crippen LogP contribution in [0.1, 0.15) is 19.4 Å². The molecule has 1 N–H and O–H groups in total. The van der Waals surface area contributed by atoms with Crippen molar-refractivity contribution < 1.29 is 13.2 Å². The zero-order valence-electron chi connectivity index (χ0n) is 13.3. The number of hydrogen-bond donors (Lipinski definition) is 1. The highest BCUT2D eigenvalue weighted by Gasteiger charge is 2.30. The van der Waals surface area contributed by atoms with Gasteiger partial charge in [-0.1, -0.05) is 11.6 Å². The number of rotatable bonds is 3. The third-order valence-electron chi connectivity index (χ3n) is 4.01. The average Bonchev–Trinajstić information content (AvgIpc) is 2.84. The van der Waals surface area contributed by atoms with Gasteiger partial charge in [0.05, 0.1) is 4.90 Å². The van der Waals surface area contributed by atoms with E-state index in [9.17, 15) is 13.2 Å². The van der Waals surface area contributed by atoms with Crippen molar-refractivity contribution in [3.63, 3.8) is 0 Å². The Morgan fingerprint density at radius 1 is 1.21 bits per heavy atom. The number of fused-ring (bicyclic) bond motifs is 1. The molecule has 1 amide bonds. The van der Waals surface area contributed by atoms with Crippen molar-refractivity contribution in [3.8, 4) is 0 Å². The molecule has 0 radical (unpaired) electrons. The molecule has 1 heterocycles. The number of amides is 1. The van der Waals surface area contributed by atoms with Crippen molar-refractivity contribution in [2.75, 3.05) is 9.62 Å². The van der Waals surface area contributed by atoms with Gasteiger partial charge in [-0.15, -0.1) is 0 Å². The predicted molar refractivity (Wildman–Crippen MR) is 95.0 cm³/mol. The molecule has 3 rings (SSSR count). The Hall–Kier alpha value is -2.05. The summed E-state index contributed by atoms with van der Waals surface area (Å²) in [4.78, 5) is 13.6. The largest absolute Gasteiger partial charge is 0.309 e. The number of sulfonamides is 1. The van der Waals surface area contributed by atoms with Crippen molar-refractivity contribution in [3.05, 3.63) is 53.1 Å². The normalized spacial score (nSPS) is 16.8. The van der Waals surface area contributed by atoms with E-state index in [1.54, 1.807) is 41.3 Å². The van der Waals surface area contributed by atoms with Gasteiger partial charge in [-0.3, -0.25) is 9.52 Å². The lowest BCUT2D eigenvalue weighted by atomic mass is 10.1. The molecule has 0 spiro atoms. The van der Waals surface area contributed by atoms with Crippen LogP contribution in [0.15, 0.2) is 47.4 Å².